The second-order valence-electron chi connectivity index (χ2n) is 7.73. The lowest BCUT2D eigenvalue weighted by molar-refractivity contribution is 0.0732. The van der Waals surface area contributed by atoms with Gasteiger partial charge in [-0.25, -0.2) is 0 Å². The van der Waals surface area contributed by atoms with Crippen molar-refractivity contribution in [3.63, 3.8) is 0 Å². The molecular weight excluding hydrogens is 354 g/mol. The molecule has 4 rings (SSSR count). The van der Waals surface area contributed by atoms with Crippen LogP contribution in [0.25, 0.3) is 0 Å². The van der Waals surface area contributed by atoms with Crippen LogP contribution < -0.4 is 0 Å². The van der Waals surface area contributed by atoms with Gasteiger partial charge in [-0.1, -0.05) is 19.9 Å². The lowest BCUT2D eigenvalue weighted by Crippen LogP contribution is -2.36. The average Bonchev–Trinajstić information content (AvgIpc) is 3.34. The average molecular weight is 384 g/mol. The molecule has 5 heteroatoms. The van der Waals surface area contributed by atoms with Gasteiger partial charge in [-0.15, -0.1) is 11.3 Å². The summed E-state index contributed by atoms with van der Waals surface area (Å²) in [5, 5.41) is 2.11. The molecule has 4 nitrogen and oxygen atoms in total. The third kappa shape index (κ3) is 3.81. The smallest absolute Gasteiger partial charge is 0.255 e. The number of pyridine rings is 1. The van der Waals surface area contributed by atoms with E-state index in [1.165, 1.54) is 16.0 Å². The van der Waals surface area contributed by atoms with Gasteiger partial charge in [-0.3, -0.25) is 14.7 Å². The van der Waals surface area contributed by atoms with E-state index < -0.39 is 0 Å². The predicted molar refractivity (Wildman–Crippen MR) is 110 cm³/mol. The normalized spacial score (nSPS) is 20.1. The van der Waals surface area contributed by atoms with Gasteiger partial charge < -0.3 is 4.90 Å². The molecule has 2 aromatic rings. The molecule has 2 aromatic heterocycles. The molecular formula is C22H29N3OS. The number of amides is 1. The number of carbonyl (C=O) groups is 1. The summed E-state index contributed by atoms with van der Waals surface area (Å²) in [6, 6.07) is 4.76. The summed E-state index contributed by atoms with van der Waals surface area (Å²) in [5.41, 5.74) is 4.69. The maximum absolute atomic E-state index is 13.1. The van der Waals surface area contributed by atoms with Gasteiger partial charge in [-0.2, -0.15) is 0 Å². The Morgan fingerprint density at radius 2 is 2.19 bits per heavy atom. The van der Waals surface area contributed by atoms with E-state index in [4.69, 9.17) is 0 Å². The van der Waals surface area contributed by atoms with Gasteiger partial charge in [0.25, 0.3) is 5.91 Å². The van der Waals surface area contributed by atoms with Crippen LogP contribution in [-0.2, 0) is 25.9 Å². The number of carbonyl (C=O) groups excluding carboxylic acids is 1. The Morgan fingerprint density at radius 1 is 1.30 bits per heavy atom. The second kappa shape index (κ2) is 8.11. The van der Waals surface area contributed by atoms with E-state index in [0.29, 0.717) is 6.04 Å². The number of thiophene rings is 1. The van der Waals surface area contributed by atoms with Gasteiger partial charge in [0, 0.05) is 48.7 Å². The molecule has 0 radical (unpaired) electrons. The number of aryl methyl sites for hydroxylation is 1. The molecule has 0 aromatic carbocycles. The first-order valence-electron chi connectivity index (χ1n) is 10.3. The summed E-state index contributed by atoms with van der Waals surface area (Å²) in [4.78, 5) is 23.6. The number of hydrogen-bond acceptors (Lipinski definition) is 4. The minimum Gasteiger partial charge on any atom is -0.336 e. The lowest BCUT2D eigenvalue weighted by Gasteiger charge is -2.28. The van der Waals surface area contributed by atoms with Crippen molar-refractivity contribution in [1.29, 1.82) is 0 Å². The van der Waals surface area contributed by atoms with Crippen molar-refractivity contribution in [3.05, 3.63) is 51.0 Å². The molecule has 1 fully saturated rings. The van der Waals surface area contributed by atoms with Crippen LogP contribution in [0.4, 0.5) is 0 Å². The van der Waals surface area contributed by atoms with Crippen LogP contribution in [0.5, 0.6) is 0 Å². The molecule has 0 spiro atoms. The zero-order valence-corrected chi connectivity index (χ0v) is 17.2. The molecule has 0 saturated carbocycles. The van der Waals surface area contributed by atoms with Crippen LogP contribution in [-0.4, -0.2) is 39.8 Å². The standard InChI is InChI=1S/C22H29N3OS/c1-3-16-7-8-17(23-12-16)13-24-11-9-19-20(15-27-21(19)14-24)22(26)25-10-5-6-18(25)4-2/h7-8,12,15,18H,3-6,9-11,13-14H2,1-2H3/t18-/m0/s1. The first-order valence-corrected chi connectivity index (χ1v) is 11.1. The van der Waals surface area contributed by atoms with E-state index >= 15 is 0 Å². The van der Waals surface area contributed by atoms with Crippen molar-refractivity contribution >= 4 is 17.2 Å². The van der Waals surface area contributed by atoms with Crippen molar-refractivity contribution in [2.45, 2.75) is 65.1 Å². The molecule has 1 saturated heterocycles. The Labute approximate surface area is 166 Å². The minimum absolute atomic E-state index is 0.266. The molecule has 0 aliphatic carbocycles. The van der Waals surface area contributed by atoms with Gasteiger partial charge in [0.15, 0.2) is 0 Å². The van der Waals surface area contributed by atoms with Crippen LogP contribution in [0.15, 0.2) is 23.7 Å². The van der Waals surface area contributed by atoms with Crippen LogP contribution in [0.2, 0.25) is 0 Å². The highest BCUT2D eigenvalue weighted by molar-refractivity contribution is 7.10. The molecule has 0 unspecified atom stereocenters. The summed E-state index contributed by atoms with van der Waals surface area (Å²) in [7, 11) is 0. The Balaban J connectivity index is 1.44. The van der Waals surface area contributed by atoms with Crippen LogP contribution in [0, 0.1) is 0 Å². The highest BCUT2D eigenvalue weighted by Crippen LogP contribution is 2.32. The summed E-state index contributed by atoms with van der Waals surface area (Å²) in [6.45, 7) is 8.09. The van der Waals surface area contributed by atoms with Crippen molar-refractivity contribution in [1.82, 2.24) is 14.8 Å². The highest BCUT2D eigenvalue weighted by atomic mass is 32.1. The van der Waals surface area contributed by atoms with Crippen molar-refractivity contribution < 1.29 is 4.79 Å². The molecule has 27 heavy (non-hydrogen) atoms. The number of likely N-dealkylation sites (tertiary alicyclic amines) is 1. The highest BCUT2D eigenvalue weighted by Gasteiger charge is 2.31. The summed E-state index contributed by atoms with van der Waals surface area (Å²) in [5.74, 6) is 0.266. The topological polar surface area (TPSA) is 36.4 Å². The van der Waals surface area contributed by atoms with Gasteiger partial charge in [0.05, 0.1) is 11.3 Å². The second-order valence-corrected chi connectivity index (χ2v) is 8.69. The van der Waals surface area contributed by atoms with E-state index in [1.54, 1.807) is 11.3 Å². The fourth-order valence-corrected chi connectivity index (χ4v) is 5.48. The van der Waals surface area contributed by atoms with Gasteiger partial charge in [0.2, 0.25) is 0 Å². The van der Waals surface area contributed by atoms with E-state index in [9.17, 15) is 4.79 Å². The van der Waals surface area contributed by atoms with Crippen LogP contribution in [0.3, 0.4) is 0 Å². The Bertz CT molecular complexity index is 798. The van der Waals surface area contributed by atoms with Crippen LogP contribution >= 0.6 is 11.3 Å². The summed E-state index contributed by atoms with van der Waals surface area (Å²) >= 11 is 1.76. The minimum atomic E-state index is 0.266. The molecule has 2 aliphatic heterocycles. The Hall–Kier alpha value is -1.72. The van der Waals surface area contributed by atoms with Gasteiger partial charge in [-0.05, 0) is 49.3 Å². The number of fused-ring (bicyclic) bond motifs is 1. The van der Waals surface area contributed by atoms with E-state index in [-0.39, 0.29) is 5.91 Å². The zero-order chi connectivity index (χ0) is 18.8. The summed E-state index contributed by atoms with van der Waals surface area (Å²) in [6.07, 6.45) is 7.36. The molecule has 144 valence electrons. The van der Waals surface area contributed by atoms with Crippen molar-refractivity contribution in [2.75, 3.05) is 13.1 Å². The maximum Gasteiger partial charge on any atom is 0.255 e. The third-order valence-electron chi connectivity index (χ3n) is 6.05. The largest absolute Gasteiger partial charge is 0.336 e. The Morgan fingerprint density at radius 3 is 2.93 bits per heavy atom. The van der Waals surface area contributed by atoms with E-state index in [2.05, 4.69) is 46.1 Å². The van der Waals surface area contributed by atoms with E-state index in [1.807, 2.05) is 6.20 Å². The fraction of sp³-hybridized carbons (Fsp3) is 0.545. The number of aromatic nitrogens is 1. The predicted octanol–water partition coefficient (Wildman–Crippen LogP) is 4.28. The maximum atomic E-state index is 13.1. The fourth-order valence-electron chi connectivity index (χ4n) is 4.36. The zero-order valence-electron chi connectivity index (χ0n) is 16.4. The van der Waals surface area contributed by atoms with Gasteiger partial charge >= 0.3 is 0 Å². The summed E-state index contributed by atoms with van der Waals surface area (Å²) < 4.78 is 0. The first-order chi connectivity index (χ1) is 13.2. The van der Waals surface area contributed by atoms with Crippen molar-refractivity contribution in [2.24, 2.45) is 0 Å². The SMILES string of the molecule is CCc1ccc(CN2CCc3c(C(=O)N4CCC[C@@H]4CC)csc3C2)nc1. The first kappa shape index (κ1) is 18.6. The number of rotatable bonds is 5. The molecule has 0 N–H and O–H groups in total. The van der Waals surface area contributed by atoms with Gasteiger partial charge in [0.1, 0.15) is 0 Å². The van der Waals surface area contributed by atoms with Crippen LogP contribution in [0.1, 0.15) is 65.2 Å². The third-order valence-corrected chi connectivity index (χ3v) is 7.06. The van der Waals surface area contributed by atoms with Crippen molar-refractivity contribution in [3.8, 4) is 0 Å². The lowest BCUT2D eigenvalue weighted by atomic mass is 10.0. The number of hydrogen-bond donors (Lipinski definition) is 0. The molecule has 1 amide bonds. The number of nitrogens with zero attached hydrogens (tertiary/aromatic N) is 3. The van der Waals surface area contributed by atoms with E-state index in [0.717, 1.165) is 69.5 Å². The quantitative estimate of drug-likeness (QED) is 0.773. The molecule has 1 atom stereocenters. The monoisotopic (exact) mass is 383 g/mol. The molecule has 2 aliphatic rings. The Kier molecular flexibility index (Phi) is 5.60. The molecule has 0 bridgehead atoms. The molecule has 4 heterocycles.